The number of carbonyl (C=O) groups is 2. The van der Waals surface area contributed by atoms with Crippen molar-refractivity contribution in [2.24, 2.45) is 4.99 Å². The van der Waals surface area contributed by atoms with Crippen LogP contribution < -0.4 is 16.0 Å². The Morgan fingerprint density at radius 3 is 2.64 bits per heavy atom. The molecule has 1 aliphatic heterocycles. The van der Waals surface area contributed by atoms with Gasteiger partial charge in [0.1, 0.15) is 5.60 Å². The quantitative estimate of drug-likeness (QED) is 0.264. The third-order valence-electron chi connectivity index (χ3n) is 5.18. The van der Waals surface area contributed by atoms with Gasteiger partial charge in [0.05, 0.1) is 12.6 Å². The van der Waals surface area contributed by atoms with Gasteiger partial charge < -0.3 is 25.6 Å². The van der Waals surface area contributed by atoms with E-state index >= 15 is 0 Å². The number of benzene rings is 1. The molecule has 1 heterocycles. The lowest BCUT2D eigenvalue weighted by molar-refractivity contribution is 0.0109. The number of nitrogens with one attached hydrogen (secondary N) is 3. The SMILES string of the molecule is CCNC(=NCC1CCCCN1C(=O)OC(C)(C)C)NCCc1cccc(C(=O)NC)c1.I. The number of ether oxygens (including phenoxy) is 1. The van der Waals surface area contributed by atoms with Gasteiger partial charge in [0.2, 0.25) is 0 Å². The summed E-state index contributed by atoms with van der Waals surface area (Å²) in [5.74, 6) is 0.640. The molecule has 0 spiro atoms. The van der Waals surface area contributed by atoms with Crippen molar-refractivity contribution in [3.63, 3.8) is 0 Å². The van der Waals surface area contributed by atoms with Crippen LogP contribution in [0.4, 0.5) is 4.79 Å². The van der Waals surface area contributed by atoms with Gasteiger partial charge in [0.25, 0.3) is 5.91 Å². The summed E-state index contributed by atoms with van der Waals surface area (Å²) in [5.41, 5.74) is 1.23. The number of nitrogens with zero attached hydrogens (tertiary/aromatic N) is 2. The van der Waals surface area contributed by atoms with Crippen molar-refractivity contribution in [3.05, 3.63) is 35.4 Å². The maximum Gasteiger partial charge on any atom is 0.410 e. The molecule has 2 amide bonds. The summed E-state index contributed by atoms with van der Waals surface area (Å²) < 4.78 is 5.59. The predicted octanol–water partition coefficient (Wildman–Crippen LogP) is 3.55. The number of rotatable bonds is 7. The van der Waals surface area contributed by atoms with Crippen LogP contribution in [-0.4, -0.2) is 67.7 Å². The van der Waals surface area contributed by atoms with Crippen molar-refractivity contribution in [1.29, 1.82) is 0 Å². The molecular formula is C24H40IN5O3. The van der Waals surface area contributed by atoms with E-state index in [1.807, 2.05) is 56.9 Å². The van der Waals surface area contributed by atoms with Gasteiger partial charge in [-0.3, -0.25) is 9.79 Å². The number of hydrogen-bond donors (Lipinski definition) is 3. The Bertz CT molecular complexity index is 795. The third-order valence-corrected chi connectivity index (χ3v) is 5.18. The molecule has 1 atom stereocenters. The number of halogens is 1. The van der Waals surface area contributed by atoms with Crippen LogP contribution in [0.25, 0.3) is 0 Å². The van der Waals surface area contributed by atoms with Gasteiger partial charge in [-0.2, -0.15) is 0 Å². The second kappa shape index (κ2) is 14.3. The third kappa shape index (κ3) is 10.2. The van der Waals surface area contributed by atoms with Crippen LogP contribution in [0.2, 0.25) is 0 Å². The average molecular weight is 574 g/mol. The highest BCUT2D eigenvalue weighted by atomic mass is 127. The van der Waals surface area contributed by atoms with Crippen LogP contribution in [0.5, 0.6) is 0 Å². The Morgan fingerprint density at radius 2 is 1.97 bits per heavy atom. The van der Waals surface area contributed by atoms with Gasteiger partial charge >= 0.3 is 6.09 Å². The molecule has 0 saturated carbocycles. The van der Waals surface area contributed by atoms with Crippen LogP contribution in [0, 0.1) is 0 Å². The molecule has 3 N–H and O–H groups in total. The highest BCUT2D eigenvalue weighted by Crippen LogP contribution is 2.20. The van der Waals surface area contributed by atoms with E-state index in [4.69, 9.17) is 9.73 Å². The second-order valence-corrected chi connectivity index (χ2v) is 9.00. The first-order valence-electron chi connectivity index (χ1n) is 11.6. The van der Waals surface area contributed by atoms with E-state index in [9.17, 15) is 9.59 Å². The Kier molecular flexibility index (Phi) is 12.5. The number of hydrogen-bond acceptors (Lipinski definition) is 4. The van der Waals surface area contributed by atoms with E-state index in [1.165, 1.54) is 0 Å². The first-order valence-corrected chi connectivity index (χ1v) is 11.6. The molecule has 0 radical (unpaired) electrons. The molecule has 1 unspecified atom stereocenters. The molecule has 1 aromatic carbocycles. The summed E-state index contributed by atoms with van der Waals surface area (Å²) in [6.07, 6.45) is 3.51. The predicted molar refractivity (Wildman–Crippen MR) is 144 cm³/mol. The number of piperidine rings is 1. The number of aliphatic imine (C=N–C) groups is 1. The molecule has 186 valence electrons. The van der Waals surface area contributed by atoms with E-state index < -0.39 is 5.60 Å². The van der Waals surface area contributed by atoms with E-state index in [0.717, 1.165) is 43.8 Å². The molecule has 0 aromatic heterocycles. The average Bonchev–Trinajstić information content (AvgIpc) is 2.76. The van der Waals surface area contributed by atoms with Gasteiger partial charge in [-0.05, 0) is 71.1 Å². The monoisotopic (exact) mass is 573 g/mol. The largest absolute Gasteiger partial charge is 0.444 e. The topological polar surface area (TPSA) is 95.1 Å². The van der Waals surface area contributed by atoms with Gasteiger partial charge in [0.15, 0.2) is 5.96 Å². The molecule has 8 nitrogen and oxygen atoms in total. The number of carbonyl (C=O) groups excluding carboxylic acids is 2. The van der Waals surface area contributed by atoms with E-state index in [0.29, 0.717) is 25.2 Å². The smallest absolute Gasteiger partial charge is 0.410 e. The van der Waals surface area contributed by atoms with Crippen molar-refractivity contribution in [2.75, 3.05) is 33.2 Å². The minimum Gasteiger partial charge on any atom is -0.444 e. The molecule has 9 heteroatoms. The van der Waals surface area contributed by atoms with Crippen LogP contribution in [0.15, 0.2) is 29.3 Å². The number of guanidine groups is 1. The first-order chi connectivity index (χ1) is 15.2. The fourth-order valence-corrected chi connectivity index (χ4v) is 3.63. The van der Waals surface area contributed by atoms with Gasteiger partial charge in [-0.1, -0.05) is 12.1 Å². The Morgan fingerprint density at radius 1 is 1.21 bits per heavy atom. The zero-order chi connectivity index (χ0) is 23.6. The summed E-state index contributed by atoms with van der Waals surface area (Å²) >= 11 is 0. The highest BCUT2D eigenvalue weighted by molar-refractivity contribution is 14.0. The summed E-state index contributed by atoms with van der Waals surface area (Å²) in [4.78, 5) is 31.0. The van der Waals surface area contributed by atoms with Crippen LogP contribution >= 0.6 is 24.0 Å². The Hall–Kier alpha value is -2.04. The molecule has 0 aliphatic carbocycles. The molecule has 2 rings (SSSR count). The number of likely N-dealkylation sites (tertiary alicyclic amines) is 1. The molecule has 1 fully saturated rings. The zero-order valence-electron chi connectivity index (χ0n) is 20.6. The fraction of sp³-hybridized carbons (Fsp3) is 0.625. The molecule has 33 heavy (non-hydrogen) atoms. The Balaban J connectivity index is 0.00000544. The van der Waals surface area contributed by atoms with Crippen molar-refractivity contribution in [1.82, 2.24) is 20.9 Å². The van der Waals surface area contributed by atoms with Crippen LogP contribution in [0.3, 0.4) is 0 Å². The lowest BCUT2D eigenvalue weighted by atomic mass is 10.0. The molecule has 1 saturated heterocycles. The minimum atomic E-state index is -0.506. The van der Waals surface area contributed by atoms with Crippen LogP contribution in [-0.2, 0) is 11.2 Å². The van der Waals surface area contributed by atoms with E-state index in [2.05, 4.69) is 16.0 Å². The lowest BCUT2D eigenvalue weighted by Gasteiger charge is -2.36. The summed E-state index contributed by atoms with van der Waals surface area (Å²) in [5, 5.41) is 9.28. The van der Waals surface area contributed by atoms with Crippen molar-refractivity contribution in [2.45, 2.75) is 65.0 Å². The molecule has 1 aliphatic rings. The fourth-order valence-electron chi connectivity index (χ4n) is 3.63. The Labute approximate surface area is 215 Å². The first kappa shape index (κ1) is 29.0. The molecule has 0 bridgehead atoms. The van der Waals surface area contributed by atoms with E-state index in [1.54, 1.807) is 7.05 Å². The minimum absolute atomic E-state index is 0. The maximum atomic E-state index is 12.6. The molecule has 1 aromatic rings. The highest BCUT2D eigenvalue weighted by Gasteiger charge is 2.30. The number of amides is 2. The summed E-state index contributed by atoms with van der Waals surface area (Å²) in [7, 11) is 1.63. The standard InChI is InChI=1S/C24H39N5O3.HI/c1-6-26-22(27-14-13-18-10-9-11-19(16-18)21(30)25-5)28-17-20-12-7-8-15-29(20)23(31)32-24(2,3)4;/h9-11,16,20H,6-8,12-15,17H2,1-5H3,(H,25,30)(H2,26,27,28);1H. The van der Waals surface area contributed by atoms with Crippen LogP contribution in [0.1, 0.15) is 62.9 Å². The van der Waals surface area contributed by atoms with Gasteiger partial charge in [-0.15, -0.1) is 24.0 Å². The zero-order valence-corrected chi connectivity index (χ0v) is 22.9. The second-order valence-electron chi connectivity index (χ2n) is 9.00. The van der Waals surface area contributed by atoms with E-state index in [-0.39, 0.29) is 42.0 Å². The lowest BCUT2D eigenvalue weighted by Crippen LogP contribution is -2.48. The van der Waals surface area contributed by atoms with Gasteiger partial charge in [0, 0.05) is 32.2 Å². The van der Waals surface area contributed by atoms with Gasteiger partial charge in [-0.25, -0.2) is 4.79 Å². The molecular weight excluding hydrogens is 533 g/mol. The van der Waals surface area contributed by atoms with Crippen molar-refractivity contribution >= 4 is 41.9 Å². The summed E-state index contributed by atoms with van der Waals surface area (Å²) in [6.45, 7) is 10.4. The normalized spacial score (nSPS) is 16.5. The summed E-state index contributed by atoms with van der Waals surface area (Å²) in [6, 6.07) is 7.66. The maximum absolute atomic E-state index is 12.6. The van der Waals surface area contributed by atoms with Crippen molar-refractivity contribution in [3.8, 4) is 0 Å². The van der Waals surface area contributed by atoms with Crippen molar-refractivity contribution < 1.29 is 14.3 Å².